The lowest BCUT2D eigenvalue weighted by Crippen LogP contribution is -2.25. The molecule has 0 fully saturated rings. The van der Waals surface area contributed by atoms with Gasteiger partial charge in [0.2, 0.25) is 0 Å². The number of fused-ring (bicyclic) bond motifs is 1. The molecule has 2 aromatic rings. The van der Waals surface area contributed by atoms with Crippen LogP contribution in [0.3, 0.4) is 0 Å². The van der Waals surface area contributed by atoms with Gasteiger partial charge in [0.15, 0.2) is 5.82 Å². The van der Waals surface area contributed by atoms with Crippen molar-refractivity contribution in [2.75, 3.05) is 18.6 Å². The SMILES string of the molecule is CSCCNC(=O)c1cccc2[nH]c(C(N)=O)nc12. The standard InChI is InChI=1S/C12H14N4O2S/c1-19-6-5-14-12(18)7-3-2-4-8-9(7)16-11(15-8)10(13)17/h2-4H,5-6H2,1H3,(H2,13,17)(H,14,18)(H,15,16). The van der Waals surface area contributed by atoms with Crippen molar-refractivity contribution in [1.82, 2.24) is 15.3 Å². The number of para-hydroxylation sites is 1. The van der Waals surface area contributed by atoms with Gasteiger partial charge >= 0.3 is 0 Å². The smallest absolute Gasteiger partial charge is 0.284 e. The van der Waals surface area contributed by atoms with E-state index in [1.165, 1.54) is 0 Å². The number of rotatable bonds is 5. The van der Waals surface area contributed by atoms with Crippen LogP contribution in [0.4, 0.5) is 0 Å². The van der Waals surface area contributed by atoms with E-state index in [1.54, 1.807) is 30.0 Å². The largest absolute Gasteiger partial charge is 0.363 e. The van der Waals surface area contributed by atoms with Crippen molar-refractivity contribution in [3.05, 3.63) is 29.6 Å². The third kappa shape index (κ3) is 2.87. The summed E-state index contributed by atoms with van der Waals surface area (Å²) in [5.41, 5.74) is 6.67. The fraction of sp³-hybridized carbons (Fsp3) is 0.250. The number of primary amides is 1. The van der Waals surface area contributed by atoms with Crippen molar-refractivity contribution in [2.45, 2.75) is 0 Å². The molecule has 0 atom stereocenters. The van der Waals surface area contributed by atoms with Gasteiger partial charge in [0.05, 0.1) is 11.1 Å². The van der Waals surface area contributed by atoms with Gasteiger partial charge in [0.1, 0.15) is 5.52 Å². The molecule has 7 heteroatoms. The van der Waals surface area contributed by atoms with Gasteiger partial charge in [-0.15, -0.1) is 0 Å². The van der Waals surface area contributed by atoms with Crippen LogP contribution in [0.25, 0.3) is 11.0 Å². The second-order valence-corrected chi connectivity index (χ2v) is 4.89. The van der Waals surface area contributed by atoms with Crippen LogP contribution in [0.2, 0.25) is 0 Å². The van der Waals surface area contributed by atoms with Crippen molar-refractivity contribution in [3.63, 3.8) is 0 Å². The molecule has 0 unspecified atom stereocenters. The minimum absolute atomic E-state index is 0.0550. The molecule has 4 N–H and O–H groups in total. The van der Waals surface area contributed by atoms with Gasteiger partial charge in [-0.05, 0) is 18.4 Å². The Morgan fingerprint density at radius 1 is 1.47 bits per heavy atom. The summed E-state index contributed by atoms with van der Waals surface area (Å²) in [7, 11) is 0. The average molecular weight is 278 g/mol. The Labute approximate surface area is 114 Å². The van der Waals surface area contributed by atoms with E-state index in [0.29, 0.717) is 23.1 Å². The number of thioether (sulfide) groups is 1. The quantitative estimate of drug-likeness (QED) is 0.703. The van der Waals surface area contributed by atoms with Crippen molar-refractivity contribution >= 4 is 34.6 Å². The molecule has 2 rings (SSSR count). The van der Waals surface area contributed by atoms with Crippen molar-refractivity contribution in [2.24, 2.45) is 5.73 Å². The number of carbonyl (C=O) groups is 2. The zero-order valence-corrected chi connectivity index (χ0v) is 11.2. The fourth-order valence-electron chi connectivity index (χ4n) is 1.69. The van der Waals surface area contributed by atoms with Crippen LogP contribution in [0.1, 0.15) is 21.0 Å². The zero-order chi connectivity index (χ0) is 13.8. The molecular formula is C12H14N4O2S. The van der Waals surface area contributed by atoms with Crippen molar-refractivity contribution in [3.8, 4) is 0 Å². The maximum Gasteiger partial charge on any atom is 0.284 e. The molecule has 100 valence electrons. The molecule has 0 saturated carbocycles. The van der Waals surface area contributed by atoms with Gasteiger partial charge < -0.3 is 16.0 Å². The van der Waals surface area contributed by atoms with E-state index in [1.807, 2.05) is 6.26 Å². The number of nitrogens with one attached hydrogen (secondary N) is 2. The molecular weight excluding hydrogens is 264 g/mol. The maximum atomic E-state index is 12.0. The van der Waals surface area contributed by atoms with Crippen LogP contribution < -0.4 is 11.1 Å². The van der Waals surface area contributed by atoms with Crippen LogP contribution in [0.5, 0.6) is 0 Å². The first-order valence-electron chi connectivity index (χ1n) is 5.69. The molecule has 0 aliphatic rings. The Kier molecular flexibility index (Phi) is 4.06. The average Bonchev–Trinajstić information content (AvgIpc) is 2.82. The van der Waals surface area contributed by atoms with Gasteiger partial charge in [-0.2, -0.15) is 11.8 Å². The topological polar surface area (TPSA) is 101 Å². The number of aromatic nitrogens is 2. The number of imidazole rings is 1. The Bertz CT molecular complexity index is 623. The highest BCUT2D eigenvalue weighted by Crippen LogP contribution is 2.16. The second-order valence-electron chi connectivity index (χ2n) is 3.90. The first kappa shape index (κ1) is 13.4. The lowest BCUT2D eigenvalue weighted by molar-refractivity contribution is 0.0955. The predicted molar refractivity (Wildman–Crippen MR) is 75.3 cm³/mol. The summed E-state index contributed by atoms with van der Waals surface area (Å²) >= 11 is 1.65. The number of nitrogens with two attached hydrogens (primary N) is 1. The molecule has 6 nitrogen and oxygen atoms in total. The Morgan fingerprint density at radius 2 is 2.26 bits per heavy atom. The normalized spacial score (nSPS) is 10.6. The second kappa shape index (κ2) is 5.75. The van der Waals surface area contributed by atoms with Gasteiger partial charge in [-0.3, -0.25) is 9.59 Å². The highest BCUT2D eigenvalue weighted by atomic mass is 32.2. The molecule has 0 bridgehead atoms. The maximum absolute atomic E-state index is 12.0. The Morgan fingerprint density at radius 3 is 2.95 bits per heavy atom. The van der Waals surface area contributed by atoms with E-state index in [0.717, 1.165) is 5.75 Å². The minimum atomic E-state index is -0.648. The van der Waals surface area contributed by atoms with Crippen molar-refractivity contribution < 1.29 is 9.59 Å². The lowest BCUT2D eigenvalue weighted by Gasteiger charge is -2.04. The number of nitrogens with zero attached hydrogens (tertiary/aromatic N) is 1. The van der Waals surface area contributed by atoms with E-state index in [9.17, 15) is 9.59 Å². The van der Waals surface area contributed by atoms with Gasteiger partial charge in [-0.1, -0.05) is 6.07 Å². The van der Waals surface area contributed by atoms with Crippen LogP contribution in [-0.4, -0.2) is 40.3 Å². The number of H-pyrrole nitrogens is 1. The molecule has 19 heavy (non-hydrogen) atoms. The third-order valence-corrected chi connectivity index (χ3v) is 3.19. The summed E-state index contributed by atoms with van der Waals surface area (Å²) < 4.78 is 0. The number of aromatic amines is 1. The molecule has 0 radical (unpaired) electrons. The van der Waals surface area contributed by atoms with Gasteiger partial charge in [-0.25, -0.2) is 4.98 Å². The summed E-state index contributed by atoms with van der Waals surface area (Å²) in [6, 6.07) is 5.14. The van der Waals surface area contributed by atoms with Crippen LogP contribution in [0, 0.1) is 0 Å². The number of hydrogen-bond donors (Lipinski definition) is 3. The molecule has 1 aromatic heterocycles. The fourth-order valence-corrected chi connectivity index (χ4v) is 2.00. The minimum Gasteiger partial charge on any atom is -0.363 e. The van der Waals surface area contributed by atoms with Crippen LogP contribution in [0.15, 0.2) is 18.2 Å². The summed E-state index contributed by atoms with van der Waals surface area (Å²) in [6.07, 6.45) is 1.97. The molecule has 2 amide bonds. The Hall–Kier alpha value is -2.02. The zero-order valence-electron chi connectivity index (χ0n) is 10.4. The first-order chi connectivity index (χ1) is 9.13. The van der Waals surface area contributed by atoms with Gasteiger partial charge in [0.25, 0.3) is 11.8 Å². The summed E-state index contributed by atoms with van der Waals surface area (Å²) in [4.78, 5) is 30.0. The summed E-state index contributed by atoms with van der Waals surface area (Å²) in [5.74, 6) is 0.0425. The van der Waals surface area contributed by atoms with E-state index in [4.69, 9.17) is 5.73 Å². The number of amides is 2. The van der Waals surface area contributed by atoms with Gasteiger partial charge in [0, 0.05) is 12.3 Å². The summed E-state index contributed by atoms with van der Waals surface area (Å²) in [6.45, 7) is 0.587. The lowest BCUT2D eigenvalue weighted by atomic mass is 10.1. The van der Waals surface area contributed by atoms with E-state index in [-0.39, 0.29) is 11.7 Å². The van der Waals surface area contributed by atoms with E-state index in [2.05, 4.69) is 15.3 Å². The number of carbonyl (C=O) groups excluding carboxylic acids is 2. The molecule has 0 spiro atoms. The van der Waals surface area contributed by atoms with Crippen LogP contribution in [-0.2, 0) is 0 Å². The Balaban J connectivity index is 2.32. The highest BCUT2D eigenvalue weighted by Gasteiger charge is 2.14. The molecule has 0 aliphatic carbocycles. The number of hydrogen-bond acceptors (Lipinski definition) is 4. The first-order valence-corrected chi connectivity index (χ1v) is 7.08. The number of benzene rings is 1. The molecule has 1 aromatic carbocycles. The third-order valence-electron chi connectivity index (χ3n) is 2.58. The van der Waals surface area contributed by atoms with Crippen molar-refractivity contribution in [1.29, 1.82) is 0 Å². The monoisotopic (exact) mass is 278 g/mol. The van der Waals surface area contributed by atoms with E-state index < -0.39 is 5.91 Å². The molecule has 0 aliphatic heterocycles. The summed E-state index contributed by atoms with van der Waals surface area (Å²) in [5, 5.41) is 2.80. The molecule has 1 heterocycles. The van der Waals surface area contributed by atoms with E-state index >= 15 is 0 Å². The van der Waals surface area contributed by atoms with Crippen LogP contribution >= 0.6 is 11.8 Å². The molecule has 0 saturated heterocycles. The highest BCUT2D eigenvalue weighted by molar-refractivity contribution is 7.98. The predicted octanol–water partition coefficient (Wildman–Crippen LogP) is 0.755.